The lowest BCUT2D eigenvalue weighted by atomic mass is 9.90. The Kier molecular flexibility index (Phi) is 4.60. The molecular weight excluding hydrogens is 251 g/mol. The number of piperidine rings is 1. The summed E-state index contributed by atoms with van der Waals surface area (Å²) in [5, 5.41) is 0.196. The van der Waals surface area contributed by atoms with Crippen LogP contribution in [0, 0.1) is 11.7 Å². The van der Waals surface area contributed by atoms with Crippen LogP contribution < -0.4 is 5.73 Å². The zero-order chi connectivity index (χ0) is 13.1. The Morgan fingerprint density at radius 3 is 3.00 bits per heavy atom. The minimum absolute atomic E-state index is 0.196. The van der Waals surface area contributed by atoms with Crippen molar-refractivity contribution in [1.82, 2.24) is 4.90 Å². The molecule has 0 amide bonds. The number of benzene rings is 1. The fourth-order valence-corrected chi connectivity index (χ4v) is 3.00. The first-order valence-electron chi connectivity index (χ1n) is 6.50. The summed E-state index contributed by atoms with van der Waals surface area (Å²) >= 11 is 5.81. The van der Waals surface area contributed by atoms with Gasteiger partial charge in [-0.1, -0.05) is 30.7 Å². The summed E-state index contributed by atoms with van der Waals surface area (Å²) in [5.41, 5.74) is 6.51. The molecule has 1 saturated heterocycles. The van der Waals surface area contributed by atoms with Crippen molar-refractivity contribution in [2.45, 2.75) is 32.4 Å². The van der Waals surface area contributed by atoms with Crippen molar-refractivity contribution in [1.29, 1.82) is 0 Å². The lowest BCUT2D eigenvalue weighted by molar-refractivity contribution is 0.0979. The van der Waals surface area contributed by atoms with E-state index in [0.29, 0.717) is 30.6 Å². The maximum absolute atomic E-state index is 13.9. The van der Waals surface area contributed by atoms with E-state index in [1.54, 1.807) is 18.2 Å². The first kappa shape index (κ1) is 13.8. The molecule has 1 aromatic rings. The lowest BCUT2D eigenvalue weighted by Crippen LogP contribution is -2.48. The Bertz CT molecular complexity index is 411. The molecule has 1 fully saturated rings. The van der Waals surface area contributed by atoms with Gasteiger partial charge in [0.1, 0.15) is 5.82 Å². The minimum Gasteiger partial charge on any atom is -0.329 e. The number of hydrogen-bond donors (Lipinski definition) is 1. The second kappa shape index (κ2) is 6.00. The molecule has 0 aromatic heterocycles. The molecule has 2 atom stereocenters. The summed E-state index contributed by atoms with van der Waals surface area (Å²) in [5.74, 6) is 0.277. The van der Waals surface area contributed by atoms with Gasteiger partial charge in [-0.05, 0) is 31.4 Å². The summed E-state index contributed by atoms with van der Waals surface area (Å²) < 4.78 is 13.9. The predicted octanol–water partition coefficient (Wildman–Crippen LogP) is 3.04. The van der Waals surface area contributed by atoms with E-state index in [1.165, 1.54) is 6.42 Å². The molecule has 0 radical (unpaired) electrons. The van der Waals surface area contributed by atoms with Crippen molar-refractivity contribution in [3.05, 3.63) is 34.6 Å². The fraction of sp³-hybridized carbons (Fsp3) is 0.571. The normalized spacial score (nSPS) is 25.3. The van der Waals surface area contributed by atoms with Crippen molar-refractivity contribution in [2.24, 2.45) is 11.7 Å². The Labute approximate surface area is 113 Å². The third kappa shape index (κ3) is 2.85. The molecule has 0 saturated carbocycles. The number of hydrogen-bond acceptors (Lipinski definition) is 2. The van der Waals surface area contributed by atoms with E-state index < -0.39 is 0 Å². The highest BCUT2D eigenvalue weighted by Crippen LogP contribution is 2.26. The predicted molar refractivity (Wildman–Crippen MR) is 73.1 cm³/mol. The zero-order valence-corrected chi connectivity index (χ0v) is 11.5. The maximum atomic E-state index is 13.9. The van der Waals surface area contributed by atoms with Gasteiger partial charge in [0.15, 0.2) is 0 Å². The molecule has 1 heterocycles. The minimum atomic E-state index is -0.298. The molecule has 0 aliphatic carbocycles. The van der Waals surface area contributed by atoms with Gasteiger partial charge in [-0.3, -0.25) is 4.90 Å². The molecular formula is C14H20ClFN2. The molecule has 2 unspecified atom stereocenters. The highest BCUT2D eigenvalue weighted by atomic mass is 35.5. The summed E-state index contributed by atoms with van der Waals surface area (Å²) in [6.07, 6.45) is 2.36. The highest BCUT2D eigenvalue weighted by molar-refractivity contribution is 6.30. The lowest BCUT2D eigenvalue weighted by Gasteiger charge is -2.39. The maximum Gasteiger partial charge on any atom is 0.146 e. The van der Waals surface area contributed by atoms with E-state index in [-0.39, 0.29) is 10.8 Å². The Morgan fingerprint density at radius 1 is 1.50 bits per heavy atom. The highest BCUT2D eigenvalue weighted by Gasteiger charge is 2.27. The van der Waals surface area contributed by atoms with E-state index in [0.717, 1.165) is 13.0 Å². The van der Waals surface area contributed by atoms with E-state index >= 15 is 0 Å². The van der Waals surface area contributed by atoms with E-state index in [2.05, 4.69) is 11.8 Å². The molecule has 2 rings (SSSR count). The van der Waals surface area contributed by atoms with E-state index in [1.807, 2.05) is 0 Å². The van der Waals surface area contributed by atoms with Gasteiger partial charge < -0.3 is 5.73 Å². The number of nitrogens with two attached hydrogens (primary N) is 1. The standard InChI is InChI=1S/C14H20ClFN2/c1-10-4-3-7-18(13(10)8-17)9-11-5-2-6-12(15)14(11)16/h2,5-6,10,13H,3-4,7-9,17H2,1H3. The molecule has 18 heavy (non-hydrogen) atoms. The van der Waals surface area contributed by atoms with Gasteiger partial charge in [-0.2, -0.15) is 0 Å². The van der Waals surface area contributed by atoms with Crippen LogP contribution in [-0.2, 0) is 6.54 Å². The van der Waals surface area contributed by atoms with Gasteiger partial charge in [0.05, 0.1) is 5.02 Å². The zero-order valence-electron chi connectivity index (χ0n) is 10.7. The van der Waals surface area contributed by atoms with E-state index in [9.17, 15) is 4.39 Å². The number of halogens is 2. The number of likely N-dealkylation sites (tertiary alicyclic amines) is 1. The molecule has 0 bridgehead atoms. The summed E-state index contributed by atoms with van der Waals surface area (Å²) in [6, 6.07) is 5.52. The Hall–Kier alpha value is -0.640. The summed E-state index contributed by atoms with van der Waals surface area (Å²) in [4.78, 5) is 2.28. The summed E-state index contributed by atoms with van der Waals surface area (Å²) in [6.45, 7) is 4.43. The number of rotatable bonds is 3. The van der Waals surface area contributed by atoms with Crippen LogP contribution in [0.1, 0.15) is 25.3 Å². The first-order valence-corrected chi connectivity index (χ1v) is 6.88. The van der Waals surface area contributed by atoms with Crippen molar-refractivity contribution in [3.63, 3.8) is 0 Å². The van der Waals surface area contributed by atoms with Crippen LogP contribution in [0.3, 0.4) is 0 Å². The Balaban J connectivity index is 2.14. The van der Waals surface area contributed by atoms with Crippen LogP contribution in [0.5, 0.6) is 0 Å². The number of nitrogens with zero attached hydrogens (tertiary/aromatic N) is 1. The third-order valence-electron chi connectivity index (χ3n) is 3.88. The van der Waals surface area contributed by atoms with Crippen molar-refractivity contribution in [3.8, 4) is 0 Å². The molecule has 100 valence electrons. The quantitative estimate of drug-likeness (QED) is 0.915. The summed E-state index contributed by atoms with van der Waals surface area (Å²) in [7, 11) is 0. The smallest absolute Gasteiger partial charge is 0.146 e. The van der Waals surface area contributed by atoms with Crippen molar-refractivity contribution in [2.75, 3.05) is 13.1 Å². The van der Waals surface area contributed by atoms with E-state index in [4.69, 9.17) is 17.3 Å². The van der Waals surface area contributed by atoms with Crippen LogP contribution >= 0.6 is 11.6 Å². The SMILES string of the molecule is CC1CCCN(Cc2cccc(Cl)c2F)C1CN. The van der Waals surface area contributed by atoms with Crippen LogP contribution in [0.15, 0.2) is 18.2 Å². The van der Waals surface area contributed by atoms with Crippen molar-refractivity contribution < 1.29 is 4.39 Å². The molecule has 1 aromatic carbocycles. The van der Waals surface area contributed by atoms with Crippen LogP contribution in [0.4, 0.5) is 4.39 Å². The monoisotopic (exact) mass is 270 g/mol. The van der Waals surface area contributed by atoms with Crippen LogP contribution in [-0.4, -0.2) is 24.0 Å². The largest absolute Gasteiger partial charge is 0.329 e. The molecule has 1 aliphatic heterocycles. The molecule has 0 spiro atoms. The second-order valence-corrected chi connectivity index (χ2v) is 5.51. The van der Waals surface area contributed by atoms with Crippen molar-refractivity contribution >= 4 is 11.6 Å². The van der Waals surface area contributed by atoms with Gasteiger partial charge in [0.2, 0.25) is 0 Å². The average molecular weight is 271 g/mol. The van der Waals surface area contributed by atoms with Gasteiger partial charge in [0.25, 0.3) is 0 Å². The fourth-order valence-electron chi connectivity index (χ4n) is 2.80. The first-order chi connectivity index (χ1) is 8.63. The van der Waals surface area contributed by atoms with Gasteiger partial charge in [0, 0.05) is 24.7 Å². The van der Waals surface area contributed by atoms with Gasteiger partial charge in [-0.15, -0.1) is 0 Å². The van der Waals surface area contributed by atoms with Crippen LogP contribution in [0.2, 0.25) is 5.02 Å². The molecule has 4 heteroatoms. The Morgan fingerprint density at radius 2 is 2.28 bits per heavy atom. The van der Waals surface area contributed by atoms with Gasteiger partial charge in [-0.25, -0.2) is 4.39 Å². The third-order valence-corrected chi connectivity index (χ3v) is 4.17. The average Bonchev–Trinajstić information content (AvgIpc) is 2.35. The van der Waals surface area contributed by atoms with Gasteiger partial charge >= 0.3 is 0 Å². The topological polar surface area (TPSA) is 29.3 Å². The molecule has 2 N–H and O–H groups in total. The second-order valence-electron chi connectivity index (χ2n) is 5.11. The molecule has 1 aliphatic rings. The molecule has 2 nitrogen and oxygen atoms in total. The van der Waals surface area contributed by atoms with Crippen LogP contribution in [0.25, 0.3) is 0 Å².